The van der Waals surface area contributed by atoms with Crippen LogP contribution in [-0.4, -0.2) is 19.7 Å². The zero-order valence-corrected chi connectivity index (χ0v) is 21.9. The summed E-state index contributed by atoms with van der Waals surface area (Å²) in [6.07, 6.45) is 3.70. The van der Waals surface area contributed by atoms with E-state index in [1.165, 1.54) is 11.3 Å². The Kier molecular flexibility index (Phi) is 5.86. The number of fused-ring (bicyclic) bond motifs is 1. The van der Waals surface area contributed by atoms with Crippen LogP contribution in [0.25, 0.3) is 21.6 Å². The van der Waals surface area contributed by atoms with Gasteiger partial charge in [-0.2, -0.15) is 10.4 Å². The molecule has 184 valence electrons. The summed E-state index contributed by atoms with van der Waals surface area (Å²) in [5.41, 5.74) is 4.32. The molecule has 0 unspecified atom stereocenters. The van der Waals surface area contributed by atoms with Gasteiger partial charge in [-0.05, 0) is 36.6 Å². The van der Waals surface area contributed by atoms with E-state index in [0.717, 1.165) is 44.0 Å². The van der Waals surface area contributed by atoms with Crippen LogP contribution in [0.3, 0.4) is 0 Å². The highest BCUT2D eigenvalue weighted by atomic mass is 32.1. The van der Waals surface area contributed by atoms with Crippen molar-refractivity contribution in [2.45, 2.75) is 24.8 Å². The maximum Gasteiger partial charge on any atom is 0.160 e. The molecule has 3 aromatic heterocycles. The van der Waals surface area contributed by atoms with Gasteiger partial charge in [0.25, 0.3) is 0 Å². The summed E-state index contributed by atoms with van der Waals surface area (Å²) in [7, 11) is 0. The molecule has 3 aromatic carbocycles. The summed E-state index contributed by atoms with van der Waals surface area (Å²) in [5, 5.41) is 18.4. The highest BCUT2D eigenvalue weighted by Gasteiger charge is 2.41. The normalized spacial score (nSPS) is 11.9. The Labute approximate surface area is 225 Å². The number of rotatable bonds is 6. The monoisotopic (exact) mass is 511 g/mol. The molecule has 0 radical (unpaired) electrons. The Bertz CT molecular complexity index is 1650. The molecule has 0 amide bonds. The molecule has 0 fully saturated rings. The molecule has 0 aliphatic rings. The van der Waals surface area contributed by atoms with Gasteiger partial charge < -0.3 is 0 Å². The molecule has 6 rings (SSSR count). The number of aromatic nitrogens is 4. The number of thiazole rings is 1. The van der Waals surface area contributed by atoms with E-state index in [2.05, 4.69) is 78.9 Å². The lowest BCUT2D eigenvalue weighted by atomic mass is 9.77. The third-order valence-corrected chi connectivity index (χ3v) is 7.89. The average Bonchev–Trinajstić information content (AvgIpc) is 3.64. The van der Waals surface area contributed by atoms with Crippen LogP contribution >= 0.6 is 11.3 Å². The summed E-state index contributed by atoms with van der Waals surface area (Å²) < 4.78 is 2.04. The Morgan fingerprint density at radius 2 is 1.34 bits per heavy atom. The first-order valence-electron chi connectivity index (χ1n) is 12.4. The van der Waals surface area contributed by atoms with E-state index in [-0.39, 0.29) is 0 Å². The van der Waals surface area contributed by atoms with Crippen molar-refractivity contribution >= 4 is 22.4 Å². The van der Waals surface area contributed by atoms with Crippen LogP contribution in [0.5, 0.6) is 0 Å². The van der Waals surface area contributed by atoms with Crippen LogP contribution in [0, 0.1) is 11.3 Å². The molecule has 38 heavy (non-hydrogen) atoms. The van der Waals surface area contributed by atoms with Crippen molar-refractivity contribution in [2.24, 2.45) is 0 Å². The van der Waals surface area contributed by atoms with Crippen LogP contribution in [0.2, 0.25) is 0 Å². The second-order valence-corrected chi connectivity index (χ2v) is 10.6. The Hall–Kier alpha value is -4.60. The zero-order chi connectivity index (χ0) is 26.2. The van der Waals surface area contributed by atoms with Crippen LogP contribution in [0.4, 0.5) is 0 Å². The van der Waals surface area contributed by atoms with Crippen LogP contribution < -0.4 is 0 Å². The minimum atomic E-state index is -0.756. The van der Waals surface area contributed by atoms with Crippen molar-refractivity contribution in [3.63, 3.8) is 0 Å². The lowest BCUT2D eigenvalue weighted by molar-refractivity contribution is 0.472. The van der Waals surface area contributed by atoms with E-state index in [0.29, 0.717) is 0 Å². The highest BCUT2D eigenvalue weighted by Crippen LogP contribution is 2.43. The molecular weight excluding hydrogens is 486 g/mol. The van der Waals surface area contributed by atoms with E-state index in [1.807, 2.05) is 60.6 Å². The van der Waals surface area contributed by atoms with Crippen molar-refractivity contribution in [1.29, 1.82) is 5.26 Å². The van der Waals surface area contributed by atoms with E-state index >= 15 is 0 Å². The van der Waals surface area contributed by atoms with Crippen LogP contribution in [-0.2, 0) is 11.0 Å². The lowest BCUT2D eigenvalue weighted by Gasteiger charge is -2.36. The second-order valence-electron chi connectivity index (χ2n) is 9.74. The number of nitriles is 1. The molecule has 3 heterocycles. The van der Waals surface area contributed by atoms with E-state index < -0.39 is 11.0 Å². The van der Waals surface area contributed by atoms with Crippen molar-refractivity contribution in [2.75, 3.05) is 0 Å². The van der Waals surface area contributed by atoms with Crippen LogP contribution in [0.15, 0.2) is 115 Å². The fraction of sp³-hybridized carbons (Fsp3) is 0.125. The van der Waals surface area contributed by atoms with Gasteiger partial charge in [-0.25, -0.2) is 14.6 Å². The predicted molar refractivity (Wildman–Crippen MR) is 152 cm³/mol. The molecule has 0 saturated carbocycles. The fourth-order valence-electron chi connectivity index (χ4n) is 5.01. The maximum atomic E-state index is 9.61. The predicted octanol–water partition coefficient (Wildman–Crippen LogP) is 7.20. The number of pyridine rings is 1. The minimum absolute atomic E-state index is 0.659. The first-order chi connectivity index (χ1) is 18.6. The van der Waals surface area contributed by atoms with Gasteiger partial charge in [0.1, 0.15) is 10.5 Å². The number of benzene rings is 3. The summed E-state index contributed by atoms with van der Waals surface area (Å²) >= 11 is 1.54. The average molecular weight is 512 g/mol. The molecule has 0 bridgehead atoms. The Balaban J connectivity index is 1.66. The van der Waals surface area contributed by atoms with E-state index in [1.54, 1.807) is 0 Å². The molecule has 6 heteroatoms. The molecule has 6 aromatic rings. The molecule has 0 N–H and O–H groups in total. The minimum Gasteiger partial charge on any atom is -0.239 e. The molecule has 0 aliphatic heterocycles. The van der Waals surface area contributed by atoms with E-state index in [9.17, 15) is 5.26 Å². The summed E-state index contributed by atoms with van der Waals surface area (Å²) in [6, 6.07) is 35.7. The SMILES string of the molecule is CC(C)(C#N)c1csc(-c2ccnc3c2cnn3C(c2ccccc2)(c2ccccc2)c2ccccc2)n1. The molecule has 0 atom stereocenters. The molecular formula is C32H25N5S. The van der Waals surface area contributed by atoms with E-state index in [4.69, 9.17) is 15.1 Å². The van der Waals surface area contributed by atoms with Gasteiger partial charge in [0, 0.05) is 22.5 Å². The molecule has 0 spiro atoms. The molecule has 5 nitrogen and oxygen atoms in total. The zero-order valence-electron chi connectivity index (χ0n) is 21.1. The van der Waals surface area contributed by atoms with Gasteiger partial charge >= 0.3 is 0 Å². The number of nitrogens with zero attached hydrogens (tertiary/aromatic N) is 5. The smallest absolute Gasteiger partial charge is 0.160 e. The second kappa shape index (κ2) is 9.37. The van der Waals surface area contributed by atoms with Gasteiger partial charge in [-0.15, -0.1) is 11.3 Å². The quantitative estimate of drug-likeness (QED) is 0.222. The standard InChI is InChI=1S/C32H25N5S/c1-31(2,22-33)28-21-38-30(36-28)26-18-19-34-29-27(26)20-35-37(29)32(23-12-6-3-7-13-23,24-14-8-4-9-15-24)25-16-10-5-11-17-25/h3-21H,1-2H3. The van der Waals surface area contributed by atoms with Gasteiger partial charge in [-0.3, -0.25) is 0 Å². The van der Waals surface area contributed by atoms with Gasteiger partial charge in [-0.1, -0.05) is 91.0 Å². The maximum absolute atomic E-state index is 9.61. The number of hydrogen-bond acceptors (Lipinski definition) is 5. The van der Waals surface area contributed by atoms with Crippen molar-refractivity contribution in [3.8, 4) is 16.6 Å². The topological polar surface area (TPSA) is 67.4 Å². The van der Waals surface area contributed by atoms with Gasteiger partial charge in [0.2, 0.25) is 0 Å². The highest BCUT2D eigenvalue weighted by molar-refractivity contribution is 7.13. The largest absolute Gasteiger partial charge is 0.239 e. The summed E-state index contributed by atoms with van der Waals surface area (Å²) in [6.45, 7) is 3.78. The van der Waals surface area contributed by atoms with Gasteiger partial charge in [0.15, 0.2) is 5.65 Å². The third-order valence-electron chi connectivity index (χ3n) is 7.02. The number of hydrogen-bond donors (Lipinski definition) is 0. The Morgan fingerprint density at radius 3 is 1.87 bits per heavy atom. The fourth-order valence-corrected chi connectivity index (χ4v) is 6.03. The molecule has 0 saturated heterocycles. The van der Waals surface area contributed by atoms with Crippen LogP contribution in [0.1, 0.15) is 36.2 Å². The van der Waals surface area contributed by atoms with Crippen molar-refractivity contribution in [1.82, 2.24) is 19.7 Å². The summed E-state index contributed by atoms with van der Waals surface area (Å²) in [4.78, 5) is 9.72. The first-order valence-corrected chi connectivity index (χ1v) is 13.3. The lowest BCUT2D eigenvalue weighted by Crippen LogP contribution is -2.38. The third kappa shape index (κ3) is 3.71. The van der Waals surface area contributed by atoms with Gasteiger partial charge in [0.05, 0.1) is 23.4 Å². The Morgan fingerprint density at radius 1 is 0.789 bits per heavy atom. The van der Waals surface area contributed by atoms with Crippen molar-refractivity contribution < 1.29 is 0 Å². The molecule has 0 aliphatic carbocycles. The summed E-state index contributed by atoms with van der Waals surface area (Å²) in [5.74, 6) is 0. The first kappa shape index (κ1) is 23.8. The van der Waals surface area contributed by atoms with Crippen molar-refractivity contribution in [3.05, 3.63) is 137 Å².